The van der Waals surface area contributed by atoms with Crippen LogP contribution in [0.15, 0.2) is 164 Å². The van der Waals surface area contributed by atoms with E-state index in [4.69, 9.17) is 9.97 Å². The lowest BCUT2D eigenvalue weighted by Crippen LogP contribution is -2.28. The summed E-state index contributed by atoms with van der Waals surface area (Å²) in [5.41, 5.74) is 10.5. The summed E-state index contributed by atoms with van der Waals surface area (Å²) in [4.78, 5) is 15.2. The van der Waals surface area contributed by atoms with Gasteiger partial charge < -0.3 is 0 Å². The van der Waals surface area contributed by atoms with Gasteiger partial charge in [-0.3, -0.25) is 4.98 Å². The van der Waals surface area contributed by atoms with Gasteiger partial charge >= 0.3 is 0 Å². The molecule has 0 bridgehead atoms. The third-order valence-electron chi connectivity index (χ3n) is 9.22. The second-order valence-corrected chi connectivity index (χ2v) is 11.6. The van der Waals surface area contributed by atoms with Crippen molar-refractivity contribution >= 4 is 21.7 Å². The van der Waals surface area contributed by atoms with Crippen LogP contribution < -0.4 is 0 Å². The number of nitrogens with zero attached hydrogens (tertiary/aromatic N) is 3. The summed E-state index contributed by atoms with van der Waals surface area (Å²) in [5.74, 6) is 0.721. The van der Waals surface area contributed by atoms with Crippen LogP contribution in [0.5, 0.6) is 0 Å². The highest BCUT2D eigenvalue weighted by Gasteiger charge is 2.47. The molecule has 1 aliphatic carbocycles. The third kappa shape index (κ3) is 3.81. The quantitative estimate of drug-likeness (QED) is 0.210. The maximum Gasteiger partial charge on any atom is 0.161 e. The zero-order valence-electron chi connectivity index (χ0n) is 24.4. The average molecular weight is 574 g/mol. The van der Waals surface area contributed by atoms with Gasteiger partial charge in [-0.05, 0) is 68.4 Å². The molecule has 0 N–H and O–H groups in total. The molecule has 1 aliphatic rings. The van der Waals surface area contributed by atoms with Crippen molar-refractivity contribution in [2.75, 3.05) is 0 Å². The summed E-state index contributed by atoms with van der Waals surface area (Å²) in [7, 11) is 0. The Kier molecular flexibility index (Phi) is 5.72. The van der Waals surface area contributed by atoms with Crippen molar-refractivity contribution in [3.05, 3.63) is 186 Å². The number of pyridine rings is 1. The van der Waals surface area contributed by atoms with Crippen molar-refractivity contribution in [1.82, 2.24) is 15.0 Å². The van der Waals surface area contributed by atoms with Gasteiger partial charge in [0.1, 0.15) is 0 Å². The van der Waals surface area contributed by atoms with Crippen LogP contribution in [-0.4, -0.2) is 15.0 Å². The van der Waals surface area contributed by atoms with E-state index in [2.05, 4.69) is 138 Å². The fourth-order valence-electron chi connectivity index (χ4n) is 7.32. The molecule has 0 fully saturated rings. The second-order valence-electron chi connectivity index (χ2n) is 11.6. The van der Waals surface area contributed by atoms with E-state index in [9.17, 15) is 0 Å². The first-order chi connectivity index (χ1) is 22.3. The van der Waals surface area contributed by atoms with Crippen LogP contribution >= 0.6 is 0 Å². The molecule has 0 aliphatic heterocycles. The lowest BCUT2D eigenvalue weighted by atomic mass is 9.68. The predicted molar refractivity (Wildman–Crippen MR) is 183 cm³/mol. The van der Waals surface area contributed by atoms with Crippen LogP contribution in [-0.2, 0) is 5.41 Å². The minimum atomic E-state index is -0.570. The summed E-state index contributed by atoms with van der Waals surface area (Å²) < 4.78 is 0. The molecule has 45 heavy (non-hydrogen) atoms. The van der Waals surface area contributed by atoms with E-state index < -0.39 is 5.41 Å². The van der Waals surface area contributed by atoms with E-state index >= 15 is 0 Å². The Morgan fingerprint density at radius 3 is 2.00 bits per heavy atom. The lowest BCUT2D eigenvalue weighted by Gasteiger charge is -2.33. The highest BCUT2D eigenvalue weighted by Crippen LogP contribution is 2.58. The van der Waals surface area contributed by atoms with E-state index in [1.807, 2.05) is 30.6 Å². The van der Waals surface area contributed by atoms with Gasteiger partial charge in [0, 0.05) is 28.9 Å². The summed E-state index contributed by atoms with van der Waals surface area (Å²) in [6.45, 7) is 0. The molecule has 0 saturated carbocycles. The molecule has 3 heteroatoms. The molecular formula is C42H27N3. The Morgan fingerprint density at radius 2 is 1.20 bits per heavy atom. The smallest absolute Gasteiger partial charge is 0.161 e. The maximum atomic E-state index is 5.32. The van der Waals surface area contributed by atoms with Gasteiger partial charge in [-0.1, -0.05) is 127 Å². The molecule has 0 amide bonds. The topological polar surface area (TPSA) is 38.7 Å². The number of rotatable bonds is 4. The molecule has 0 saturated heterocycles. The molecule has 6 aromatic carbocycles. The number of hydrogen-bond donors (Lipinski definition) is 0. The van der Waals surface area contributed by atoms with Gasteiger partial charge in [-0.15, -0.1) is 0 Å². The van der Waals surface area contributed by atoms with Gasteiger partial charge in [0.15, 0.2) is 5.82 Å². The monoisotopic (exact) mass is 573 g/mol. The highest BCUT2D eigenvalue weighted by molar-refractivity contribution is 6.01. The molecule has 1 unspecified atom stereocenters. The zero-order valence-corrected chi connectivity index (χ0v) is 24.4. The van der Waals surface area contributed by atoms with Crippen LogP contribution in [0.1, 0.15) is 22.3 Å². The summed E-state index contributed by atoms with van der Waals surface area (Å²) in [6.07, 6.45) is 3.87. The van der Waals surface area contributed by atoms with Gasteiger partial charge in [0.25, 0.3) is 0 Å². The molecule has 2 heterocycles. The maximum absolute atomic E-state index is 5.32. The minimum absolute atomic E-state index is 0.570. The van der Waals surface area contributed by atoms with Crippen molar-refractivity contribution in [2.45, 2.75) is 5.41 Å². The molecule has 9 rings (SSSR count). The molecule has 1 atom stereocenters. The van der Waals surface area contributed by atoms with Gasteiger partial charge in [-0.2, -0.15) is 0 Å². The SMILES string of the molecule is c1ccc(-c2nc(-c3cccc4c3-c3cc5ccccc5cc3C4(c3ccccc3)c3cccnc3)nc3ccccc23)cc1. The van der Waals surface area contributed by atoms with E-state index in [0.29, 0.717) is 0 Å². The number of aromatic nitrogens is 3. The third-order valence-corrected chi connectivity index (χ3v) is 9.22. The van der Waals surface area contributed by atoms with Crippen LogP contribution in [0.2, 0.25) is 0 Å². The molecule has 8 aromatic rings. The molecule has 210 valence electrons. The van der Waals surface area contributed by atoms with Crippen LogP contribution in [0.3, 0.4) is 0 Å². The van der Waals surface area contributed by atoms with E-state index in [0.717, 1.165) is 39.1 Å². The Morgan fingerprint density at radius 1 is 0.489 bits per heavy atom. The summed E-state index contributed by atoms with van der Waals surface area (Å²) in [5, 5.41) is 3.46. The first kappa shape index (κ1) is 25.6. The molecule has 0 spiro atoms. The molecule has 3 nitrogen and oxygen atoms in total. The Labute approximate surface area is 261 Å². The summed E-state index contributed by atoms with van der Waals surface area (Å²) in [6, 6.07) is 53.8. The van der Waals surface area contributed by atoms with Crippen molar-refractivity contribution in [1.29, 1.82) is 0 Å². The molecule has 2 aromatic heterocycles. The number of hydrogen-bond acceptors (Lipinski definition) is 3. The van der Waals surface area contributed by atoms with E-state index in [1.165, 1.54) is 38.6 Å². The van der Waals surface area contributed by atoms with Gasteiger partial charge in [-0.25, -0.2) is 9.97 Å². The van der Waals surface area contributed by atoms with Crippen molar-refractivity contribution in [2.24, 2.45) is 0 Å². The van der Waals surface area contributed by atoms with Crippen LogP contribution in [0, 0.1) is 0 Å². The number of para-hydroxylation sites is 1. The largest absolute Gasteiger partial charge is 0.264 e. The lowest BCUT2D eigenvalue weighted by molar-refractivity contribution is 0.764. The van der Waals surface area contributed by atoms with Crippen molar-refractivity contribution < 1.29 is 0 Å². The van der Waals surface area contributed by atoms with Crippen molar-refractivity contribution in [3.63, 3.8) is 0 Å². The summed E-state index contributed by atoms with van der Waals surface area (Å²) >= 11 is 0. The normalized spacial score (nSPS) is 15.2. The minimum Gasteiger partial charge on any atom is -0.264 e. The molecular weight excluding hydrogens is 546 g/mol. The van der Waals surface area contributed by atoms with Crippen LogP contribution in [0.4, 0.5) is 0 Å². The Bertz CT molecular complexity index is 2330. The van der Waals surface area contributed by atoms with Crippen molar-refractivity contribution in [3.8, 4) is 33.8 Å². The van der Waals surface area contributed by atoms with E-state index in [1.54, 1.807) is 0 Å². The average Bonchev–Trinajstić information content (AvgIpc) is 3.41. The van der Waals surface area contributed by atoms with Crippen LogP contribution in [0.25, 0.3) is 55.4 Å². The Balaban J connectivity index is 1.43. The molecule has 0 radical (unpaired) electrons. The number of fused-ring (bicyclic) bond motifs is 5. The second kappa shape index (κ2) is 10.1. The Hall–Kier alpha value is -5.93. The predicted octanol–water partition coefficient (Wildman–Crippen LogP) is 9.88. The fourth-order valence-corrected chi connectivity index (χ4v) is 7.32. The highest BCUT2D eigenvalue weighted by atomic mass is 14.9. The van der Waals surface area contributed by atoms with Gasteiger partial charge in [0.05, 0.1) is 16.6 Å². The number of benzene rings is 6. The fraction of sp³-hybridized carbons (Fsp3) is 0.0238. The van der Waals surface area contributed by atoms with Gasteiger partial charge in [0.2, 0.25) is 0 Å². The van der Waals surface area contributed by atoms with E-state index in [-0.39, 0.29) is 0 Å². The first-order valence-electron chi connectivity index (χ1n) is 15.3. The first-order valence-corrected chi connectivity index (χ1v) is 15.3. The standard InChI is InChI=1S/C42H27N3/c1-3-13-28(14-4-1)40-33-20-9-10-23-38(33)44-41(45-40)34-21-11-22-36-39(34)35-25-29-15-7-8-16-30(29)26-37(35)42(36,31-17-5-2-6-18-31)32-19-12-24-43-27-32/h1-27H. The zero-order chi connectivity index (χ0) is 29.8.